The van der Waals surface area contributed by atoms with Crippen molar-refractivity contribution in [1.29, 1.82) is 5.26 Å². The maximum Gasteiger partial charge on any atom is 0.273 e. The number of carbonyl (C=O) groups is 1. The topological polar surface area (TPSA) is 80.4 Å². The van der Waals surface area contributed by atoms with E-state index in [1.54, 1.807) is 18.8 Å². The molecule has 0 bridgehead atoms. The molecule has 1 aromatic heterocycles. The number of ether oxygens (including phenoxy) is 2. The Balaban J connectivity index is 2.44. The Kier molecular flexibility index (Phi) is 5.16. The van der Waals surface area contributed by atoms with Gasteiger partial charge in [-0.05, 0) is 13.8 Å². The lowest BCUT2D eigenvalue weighted by Crippen LogP contribution is -2.31. The Hall–Kier alpha value is -1.91. The minimum atomic E-state index is -0.187. The van der Waals surface area contributed by atoms with Crippen LogP contribution in [0.4, 0.5) is 0 Å². The van der Waals surface area contributed by atoms with Crippen LogP contribution in [-0.4, -0.2) is 54.0 Å². The molecule has 0 unspecified atom stereocenters. The van der Waals surface area contributed by atoms with Gasteiger partial charge in [0.1, 0.15) is 12.2 Å². The molecule has 1 aliphatic rings. The van der Waals surface area contributed by atoms with E-state index in [-0.39, 0.29) is 24.7 Å². The van der Waals surface area contributed by atoms with Gasteiger partial charge in [-0.3, -0.25) is 9.48 Å². The van der Waals surface area contributed by atoms with Gasteiger partial charge in [0, 0.05) is 26.1 Å². The van der Waals surface area contributed by atoms with E-state index < -0.39 is 0 Å². The Morgan fingerprint density at radius 2 is 2.32 bits per heavy atom. The van der Waals surface area contributed by atoms with E-state index in [1.165, 1.54) is 4.90 Å². The van der Waals surface area contributed by atoms with Crippen LogP contribution in [0.5, 0.6) is 0 Å². The van der Waals surface area contributed by atoms with E-state index >= 15 is 0 Å². The Morgan fingerprint density at radius 1 is 1.59 bits per heavy atom. The van der Waals surface area contributed by atoms with Gasteiger partial charge in [-0.25, -0.2) is 0 Å². The fraction of sp³-hybridized carbons (Fsp3) is 0.667. The van der Waals surface area contributed by atoms with Gasteiger partial charge in [-0.15, -0.1) is 0 Å². The number of aromatic nitrogens is 2. The summed E-state index contributed by atoms with van der Waals surface area (Å²) in [5.41, 5.74) is 2.28. The molecule has 1 amide bonds. The van der Waals surface area contributed by atoms with Crippen molar-refractivity contribution in [3.8, 4) is 6.07 Å². The van der Waals surface area contributed by atoms with Gasteiger partial charge in [0.15, 0.2) is 0 Å². The molecular weight excluding hydrogens is 284 g/mol. The smallest absolute Gasteiger partial charge is 0.273 e. The Labute approximate surface area is 130 Å². The van der Waals surface area contributed by atoms with Crippen molar-refractivity contribution >= 4 is 5.91 Å². The summed E-state index contributed by atoms with van der Waals surface area (Å²) >= 11 is 0. The Morgan fingerprint density at radius 3 is 2.95 bits per heavy atom. The fourth-order valence-corrected chi connectivity index (χ4v) is 2.73. The Bertz CT molecular complexity index is 590. The fourth-order valence-electron chi connectivity index (χ4n) is 2.73. The minimum Gasteiger partial charge on any atom is -0.383 e. The van der Waals surface area contributed by atoms with Crippen molar-refractivity contribution in [2.75, 3.05) is 27.3 Å². The molecule has 2 rings (SSSR count). The highest BCUT2D eigenvalue weighted by atomic mass is 16.5. The maximum absolute atomic E-state index is 12.7. The van der Waals surface area contributed by atoms with Gasteiger partial charge >= 0.3 is 0 Å². The third-order valence-electron chi connectivity index (χ3n) is 3.76. The molecule has 0 fully saturated rings. The molecule has 0 saturated carbocycles. The van der Waals surface area contributed by atoms with Gasteiger partial charge in [-0.1, -0.05) is 0 Å². The molecule has 1 aromatic rings. The third-order valence-corrected chi connectivity index (χ3v) is 3.76. The number of nitriles is 1. The van der Waals surface area contributed by atoms with Crippen molar-refractivity contribution in [2.24, 2.45) is 0 Å². The predicted molar refractivity (Wildman–Crippen MR) is 79.3 cm³/mol. The molecule has 22 heavy (non-hydrogen) atoms. The zero-order valence-electron chi connectivity index (χ0n) is 13.5. The molecule has 0 aromatic carbocycles. The van der Waals surface area contributed by atoms with Crippen LogP contribution in [0.1, 0.15) is 41.7 Å². The number of methoxy groups -OCH3 is 1. The van der Waals surface area contributed by atoms with E-state index in [9.17, 15) is 4.79 Å². The largest absolute Gasteiger partial charge is 0.383 e. The first-order valence-corrected chi connectivity index (χ1v) is 7.36. The molecule has 0 saturated heterocycles. The summed E-state index contributed by atoms with van der Waals surface area (Å²) in [6, 6.07) is 2.00. The molecule has 2 atom stereocenters. The van der Waals surface area contributed by atoms with E-state index in [0.29, 0.717) is 25.3 Å². The average Bonchev–Trinajstić information content (AvgIpc) is 2.83. The highest BCUT2D eigenvalue weighted by Gasteiger charge is 2.33. The molecule has 0 N–H and O–H groups in total. The molecule has 0 spiro atoms. The molecule has 1 aliphatic heterocycles. The van der Waals surface area contributed by atoms with Crippen LogP contribution in [0.25, 0.3) is 0 Å². The zero-order chi connectivity index (χ0) is 16.3. The second-order valence-electron chi connectivity index (χ2n) is 5.54. The highest BCUT2D eigenvalue weighted by molar-refractivity contribution is 5.94. The van der Waals surface area contributed by atoms with Gasteiger partial charge in [-0.2, -0.15) is 10.4 Å². The minimum absolute atomic E-state index is 0.0374. The predicted octanol–water partition coefficient (Wildman–Crippen LogP) is 1.15. The summed E-state index contributed by atoms with van der Waals surface area (Å²) in [5.74, 6) is -0.187. The van der Waals surface area contributed by atoms with Gasteiger partial charge in [0.2, 0.25) is 0 Å². The van der Waals surface area contributed by atoms with Crippen molar-refractivity contribution in [3.05, 3.63) is 17.0 Å². The number of amides is 1. The third kappa shape index (κ3) is 3.13. The highest BCUT2D eigenvalue weighted by Crippen LogP contribution is 2.31. The number of carbonyl (C=O) groups excluding carboxylic acids is 1. The van der Waals surface area contributed by atoms with Crippen molar-refractivity contribution < 1.29 is 14.3 Å². The number of hydrogen-bond donors (Lipinski definition) is 0. The summed E-state index contributed by atoms with van der Waals surface area (Å²) in [6.45, 7) is 4.93. The summed E-state index contributed by atoms with van der Waals surface area (Å²) < 4.78 is 12.6. The zero-order valence-corrected chi connectivity index (χ0v) is 13.5. The van der Waals surface area contributed by atoms with Crippen molar-refractivity contribution in [1.82, 2.24) is 14.7 Å². The lowest BCUT2D eigenvalue weighted by Gasteiger charge is -2.25. The summed E-state index contributed by atoms with van der Waals surface area (Å²) in [4.78, 5) is 14.1. The van der Waals surface area contributed by atoms with Crippen LogP contribution in [-0.2, 0) is 22.4 Å². The summed E-state index contributed by atoms with van der Waals surface area (Å²) in [6.07, 6.45) is 0.541. The monoisotopic (exact) mass is 306 g/mol. The maximum atomic E-state index is 12.7. The van der Waals surface area contributed by atoms with E-state index in [0.717, 1.165) is 11.3 Å². The SMILES string of the molecule is COCCn1nc2c(c1C(=O)N(C)CC#N)C[C@H](C)O[C@@H]2C. The normalized spacial score (nSPS) is 20.3. The quantitative estimate of drug-likeness (QED) is 0.762. The number of hydrogen-bond acceptors (Lipinski definition) is 5. The molecular formula is C15H22N4O3. The van der Waals surface area contributed by atoms with Gasteiger partial charge in [0.25, 0.3) is 5.91 Å². The van der Waals surface area contributed by atoms with Gasteiger partial charge < -0.3 is 14.4 Å². The lowest BCUT2D eigenvalue weighted by molar-refractivity contribution is -0.00719. The van der Waals surface area contributed by atoms with Crippen molar-refractivity contribution in [3.63, 3.8) is 0 Å². The van der Waals surface area contributed by atoms with Crippen LogP contribution in [0.2, 0.25) is 0 Å². The van der Waals surface area contributed by atoms with E-state index in [1.807, 2.05) is 19.9 Å². The number of nitrogens with zero attached hydrogens (tertiary/aromatic N) is 4. The molecule has 7 heteroatoms. The molecule has 2 heterocycles. The van der Waals surface area contributed by atoms with Crippen LogP contribution in [0.3, 0.4) is 0 Å². The second-order valence-corrected chi connectivity index (χ2v) is 5.54. The van der Waals surface area contributed by atoms with Crippen LogP contribution < -0.4 is 0 Å². The number of rotatable bonds is 5. The van der Waals surface area contributed by atoms with Crippen LogP contribution in [0, 0.1) is 11.3 Å². The standard InChI is InChI=1S/C15H22N4O3/c1-10-9-12-13(11(2)22-10)17-19(7-8-21-4)14(12)15(20)18(3)6-5-16/h10-11H,6-9H2,1-4H3/t10-,11+/m0/s1. The molecule has 7 nitrogen and oxygen atoms in total. The van der Waals surface area contributed by atoms with E-state index in [4.69, 9.17) is 14.7 Å². The van der Waals surface area contributed by atoms with Crippen LogP contribution in [0.15, 0.2) is 0 Å². The molecule has 0 radical (unpaired) electrons. The average molecular weight is 306 g/mol. The van der Waals surface area contributed by atoms with Crippen molar-refractivity contribution in [2.45, 2.75) is 39.0 Å². The van der Waals surface area contributed by atoms with Gasteiger partial charge in [0.05, 0.1) is 37.1 Å². The number of fused-ring (bicyclic) bond motifs is 1. The first-order chi connectivity index (χ1) is 10.5. The molecule has 0 aliphatic carbocycles. The second kappa shape index (κ2) is 6.90. The first-order valence-electron chi connectivity index (χ1n) is 7.36. The molecule has 120 valence electrons. The first kappa shape index (κ1) is 16.5. The lowest BCUT2D eigenvalue weighted by atomic mass is 9.99. The van der Waals surface area contributed by atoms with Crippen LogP contribution >= 0.6 is 0 Å². The summed E-state index contributed by atoms with van der Waals surface area (Å²) in [7, 11) is 3.23. The summed E-state index contributed by atoms with van der Waals surface area (Å²) in [5, 5.41) is 13.4. The van der Waals surface area contributed by atoms with E-state index in [2.05, 4.69) is 5.10 Å².